The number of carbonyl (C=O) groups is 1. The van der Waals surface area contributed by atoms with Crippen LogP contribution in [0.25, 0.3) is 0 Å². The first-order valence-corrected chi connectivity index (χ1v) is 13.7. The monoisotopic (exact) mass is 512 g/mol. The van der Waals surface area contributed by atoms with E-state index in [4.69, 9.17) is 15.5 Å². The molecule has 1 saturated heterocycles. The van der Waals surface area contributed by atoms with E-state index in [1.165, 1.54) is 6.42 Å². The second-order valence-electron chi connectivity index (χ2n) is 10.7. The Labute approximate surface area is 222 Å². The van der Waals surface area contributed by atoms with Crippen LogP contribution >= 0.6 is 0 Å². The second-order valence-corrected chi connectivity index (χ2v) is 10.7. The fourth-order valence-corrected chi connectivity index (χ4v) is 5.63. The predicted molar refractivity (Wildman–Crippen MR) is 149 cm³/mol. The van der Waals surface area contributed by atoms with Crippen molar-refractivity contribution in [2.45, 2.75) is 83.0 Å². The van der Waals surface area contributed by atoms with Crippen LogP contribution in [0.4, 0.5) is 4.39 Å². The molecule has 1 aliphatic carbocycles. The second kappa shape index (κ2) is 13.3. The van der Waals surface area contributed by atoms with Crippen LogP contribution in [0.3, 0.4) is 0 Å². The van der Waals surface area contributed by atoms with Gasteiger partial charge >= 0.3 is 0 Å². The fraction of sp³-hybridized carbons (Fsp3) is 0.600. The number of ether oxygens (including phenoxy) is 1. The van der Waals surface area contributed by atoms with Gasteiger partial charge in [-0.15, -0.1) is 0 Å². The maximum Gasteiger partial charge on any atom is 0.258 e. The van der Waals surface area contributed by atoms with E-state index in [1.807, 2.05) is 55.2 Å². The van der Waals surface area contributed by atoms with E-state index in [0.29, 0.717) is 44.4 Å². The first-order valence-electron chi connectivity index (χ1n) is 13.7. The number of methoxy groups -OCH3 is 1. The third-order valence-corrected chi connectivity index (χ3v) is 8.03. The number of aliphatic imine (C=N–C) groups is 1. The van der Waals surface area contributed by atoms with Crippen LogP contribution < -0.4 is 11.1 Å². The highest BCUT2D eigenvalue weighted by Gasteiger charge is 2.46. The van der Waals surface area contributed by atoms with Gasteiger partial charge in [0, 0.05) is 44.1 Å². The van der Waals surface area contributed by atoms with E-state index < -0.39 is 17.1 Å². The lowest BCUT2D eigenvalue weighted by atomic mass is 9.73. The van der Waals surface area contributed by atoms with Crippen LogP contribution in [-0.4, -0.2) is 54.5 Å². The molecule has 2 aliphatic rings. The molecule has 1 aromatic rings. The number of hydrogen-bond donors (Lipinski definition) is 2. The molecule has 1 saturated carbocycles. The quantitative estimate of drug-likeness (QED) is 0.396. The zero-order valence-corrected chi connectivity index (χ0v) is 22.9. The largest absolute Gasteiger partial charge is 0.380 e. The van der Waals surface area contributed by atoms with Crippen molar-refractivity contribution < 1.29 is 13.9 Å². The summed E-state index contributed by atoms with van der Waals surface area (Å²) in [6.45, 7) is 9.96. The van der Waals surface area contributed by atoms with Gasteiger partial charge in [-0.25, -0.2) is 9.38 Å². The van der Waals surface area contributed by atoms with Crippen LogP contribution in [0.15, 0.2) is 53.8 Å². The third kappa shape index (κ3) is 7.51. The van der Waals surface area contributed by atoms with Crippen LogP contribution in [0.5, 0.6) is 0 Å². The van der Waals surface area contributed by atoms with E-state index in [0.717, 1.165) is 42.5 Å². The number of rotatable bonds is 11. The van der Waals surface area contributed by atoms with Gasteiger partial charge in [0.1, 0.15) is 5.82 Å². The van der Waals surface area contributed by atoms with E-state index in [9.17, 15) is 4.79 Å². The lowest BCUT2D eigenvalue weighted by Gasteiger charge is -2.43. The molecule has 1 heterocycles. The Morgan fingerprint density at radius 1 is 1.27 bits per heavy atom. The van der Waals surface area contributed by atoms with Gasteiger partial charge in [-0.2, -0.15) is 0 Å². The average Bonchev–Trinajstić information content (AvgIpc) is 2.90. The highest BCUT2D eigenvalue weighted by Crippen LogP contribution is 2.36. The number of nitrogens with two attached hydrogens (primary N) is 1. The number of carbonyl (C=O) groups excluding carboxylic acids is 1. The maximum absolute atomic E-state index is 15.9. The summed E-state index contributed by atoms with van der Waals surface area (Å²) < 4.78 is 21.1. The summed E-state index contributed by atoms with van der Waals surface area (Å²) in [5.41, 5.74) is 6.39. The zero-order chi connectivity index (χ0) is 26.9. The molecule has 1 atom stereocenters. The van der Waals surface area contributed by atoms with Crippen molar-refractivity contribution in [2.24, 2.45) is 16.6 Å². The lowest BCUT2D eigenvalue weighted by molar-refractivity contribution is -0.138. The van der Waals surface area contributed by atoms with E-state index in [-0.39, 0.29) is 12.8 Å². The molecule has 204 valence electrons. The lowest BCUT2D eigenvalue weighted by Crippen LogP contribution is -2.60. The Morgan fingerprint density at radius 2 is 1.92 bits per heavy atom. The SMILES string of the molecule is C=C(N=C(/C=C\C)c1ccc(COC)cc1)N1CCC(F)(C(=O)NC(C)(CCN)C2CCCCC2)CC1. The van der Waals surface area contributed by atoms with Gasteiger partial charge in [-0.3, -0.25) is 4.79 Å². The maximum atomic E-state index is 15.9. The van der Waals surface area contributed by atoms with Gasteiger partial charge in [-0.05, 0) is 57.2 Å². The summed E-state index contributed by atoms with van der Waals surface area (Å²) in [6, 6.07) is 8.06. The summed E-state index contributed by atoms with van der Waals surface area (Å²) in [4.78, 5) is 20.0. The van der Waals surface area contributed by atoms with Crippen molar-refractivity contribution in [1.82, 2.24) is 10.2 Å². The van der Waals surface area contributed by atoms with Gasteiger partial charge in [0.25, 0.3) is 5.91 Å². The summed E-state index contributed by atoms with van der Waals surface area (Å²) in [7, 11) is 1.68. The van der Waals surface area contributed by atoms with Crippen molar-refractivity contribution in [1.29, 1.82) is 0 Å². The highest BCUT2D eigenvalue weighted by atomic mass is 19.1. The van der Waals surface area contributed by atoms with Gasteiger partial charge in [0.05, 0.1) is 12.3 Å². The molecule has 1 unspecified atom stereocenters. The number of allylic oxidation sites excluding steroid dienone is 2. The van der Waals surface area contributed by atoms with Crippen molar-refractivity contribution in [3.8, 4) is 0 Å². The average molecular weight is 513 g/mol. The number of alkyl halides is 1. The number of nitrogens with zero attached hydrogens (tertiary/aromatic N) is 2. The minimum atomic E-state index is -1.89. The Balaban J connectivity index is 1.65. The predicted octanol–water partition coefficient (Wildman–Crippen LogP) is 5.28. The van der Waals surface area contributed by atoms with Crippen molar-refractivity contribution in [3.63, 3.8) is 0 Å². The Bertz CT molecular complexity index is 960. The van der Waals surface area contributed by atoms with Crippen molar-refractivity contribution in [3.05, 3.63) is 59.9 Å². The number of halogens is 1. The highest BCUT2D eigenvalue weighted by molar-refractivity contribution is 6.09. The minimum absolute atomic E-state index is 0.113. The number of benzene rings is 1. The number of hydrogen-bond acceptors (Lipinski definition) is 5. The molecule has 6 nitrogen and oxygen atoms in total. The van der Waals surface area contributed by atoms with Gasteiger partial charge in [-0.1, -0.05) is 56.2 Å². The molecular weight excluding hydrogens is 467 g/mol. The molecule has 0 bridgehead atoms. The van der Waals surface area contributed by atoms with E-state index >= 15 is 4.39 Å². The molecule has 3 rings (SSSR count). The van der Waals surface area contributed by atoms with E-state index in [1.54, 1.807) is 7.11 Å². The van der Waals surface area contributed by atoms with E-state index in [2.05, 4.69) is 11.9 Å². The molecule has 1 amide bonds. The van der Waals surface area contributed by atoms with Crippen LogP contribution in [0.2, 0.25) is 0 Å². The molecular formula is C30H45FN4O2. The molecule has 2 fully saturated rings. The summed E-state index contributed by atoms with van der Waals surface area (Å²) in [5, 5.41) is 3.12. The van der Waals surface area contributed by atoms with Crippen LogP contribution in [0, 0.1) is 5.92 Å². The molecule has 0 radical (unpaired) electrons. The number of piperidine rings is 1. The van der Waals surface area contributed by atoms with Crippen molar-refractivity contribution in [2.75, 3.05) is 26.7 Å². The van der Waals surface area contributed by atoms with Gasteiger partial charge in [0.2, 0.25) is 0 Å². The minimum Gasteiger partial charge on any atom is -0.380 e. The number of amides is 1. The standard InChI is InChI=1S/C30H45FN4O2/c1-5-9-27(25-14-12-24(13-15-25)22-37-4)33-23(2)35-20-17-30(31,18-21-35)28(36)34-29(3,16-19-32)26-10-7-6-8-11-26/h5,9,12-15,26H,2,6-8,10-11,16-22,32H2,1,3-4H3,(H,34,36)/b9-5-,33-27?. The Morgan fingerprint density at radius 3 is 2.49 bits per heavy atom. The fourth-order valence-electron chi connectivity index (χ4n) is 5.63. The first-order chi connectivity index (χ1) is 17.7. The van der Waals surface area contributed by atoms with Gasteiger partial charge < -0.3 is 20.7 Å². The van der Waals surface area contributed by atoms with Crippen LogP contribution in [-0.2, 0) is 16.1 Å². The Kier molecular flexibility index (Phi) is 10.5. The number of nitrogens with one attached hydrogen (secondary N) is 1. The molecule has 37 heavy (non-hydrogen) atoms. The summed E-state index contributed by atoms with van der Waals surface area (Å²) in [6.07, 6.45) is 10.4. The topological polar surface area (TPSA) is 80.0 Å². The summed E-state index contributed by atoms with van der Waals surface area (Å²) in [5.74, 6) is 0.431. The van der Waals surface area contributed by atoms with Crippen LogP contribution in [0.1, 0.15) is 76.3 Å². The molecule has 0 aromatic heterocycles. The Hall–Kier alpha value is -2.51. The number of likely N-dealkylation sites (tertiary alicyclic amines) is 1. The molecule has 1 aromatic carbocycles. The molecule has 1 aliphatic heterocycles. The summed E-state index contributed by atoms with van der Waals surface area (Å²) >= 11 is 0. The molecule has 0 spiro atoms. The normalized spacial score (nSPS) is 20.6. The van der Waals surface area contributed by atoms with Crippen molar-refractivity contribution >= 4 is 11.6 Å². The zero-order valence-electron chi connectivity index (χ0n) is 22.9. The van der Waals surface area contributed by atoms with Gasteiger partial charge in [0.15, 0.2) is 5.67 Å². The molecule has 7 heteroatoms. The smallest absolute Gasteiger partial charge is 0.258 e. The molecule has 3 N–H and O–H groups in total. The third-order valence-electron chi connectivity index (χ3n) is 8.03. The first kappa shape index (κ1) is 29.1.